The van der Waals surface area contributed by atoms with Gasteiger partial charge in [0.1, 0.15) is 0 Å². The number of para-hydroxylation sites is 1. The number of benzene rings is 5. The lowest BCUT2D eigenvalue weighted by atomic mass is 9.98. The van der Waals surface area contributed by atoms with E-state index >= 15 is 0 Å². The van der Waals surface area contributed by atoms with Crippen molar-refractivity contribution in [3.63, 3.8) is 0 Å². The van der Waals surface area contributed by atoms with Crippen molar-refractivity contribution < 1.29 is 4.11 Å². The molecule has 0 aromatic heterocycles. The standard InChI is InChI=1S/C30H25N/c1-22-9-3-6-12-28(22)29-13-7-8-14-30(29)31(2)27-19-17-24(18-20-27)26-16-15-23-10-4-5-11-25(23)21-26/h3-21H,1-2H3/i1D3. The van der Waals surface area contributed by atoms with E-state index in [0.29, 0.717) is 5.56 Å². The van der Waals surface area contributed by atoms with Crippen LogP contribution in [0.15, 0.2) is 115 Å². The van der Waals surface area contributed by atoms with E-state index in [1.807, 2.05) is 43.4 Å². The van der Waals surface area contributed by atoms with Crippen LogP contribution < -0.4 is 4.90 Å². The van der Waals surface area contributed by atoms with Crippen LogP contribution in [0.4, 0.5) is 11.4 Å². The quantitative estimate of drug-likeness (QED) is 0.292. The first-order valence-corrected chi connectivity index (χ1v) is 10.4. The molecule has 0 aliphatic rings. The van der Waals surface area contributed by atoms with Gasteiger partial charge in [-0.1, -0.05) is 91.0 Å². The zero-order valence-electron chi connectivity index (χ0n) is 20.4. The molecule has 0 N–H and O–H groups in total. The third kappa shape index (κ3) is 3.71. The topological polar surface area (TPSA) is 3.24 Å². The fourth-order valence-corrected chi connectivity index (χ4v) is 4.10. The van der Waals surface area contributed by atoms with Gasteiger partial charge in [-0.05, 0) is 64.1 Å². The summed E-state index contributed by atoms with van der Waals surface area (Å²) in [5.74, 6) is 0. The summed E-state index contributed by atoms with van der Waals surface area (Å²) in [5, 5.41) is 2.46. The minimum Gasteiger partial charge on any atom is -0.344 e. The van der Waals surface area contributed by atoms with Gasteiger partial charge in [-0.2, -0.15) is 0 Å². The van der Waals surface area contributed by atoms with Gasteiger partial charge in [-0.3, -0.25) is 0 Å². The number of hydrogen-bond acceptors (Lipinski definition) is 1. The molecule has 31 heavy (non-hydrogen) atoms. The SMILES string of the molecule is [2H]C([2H])([2H])c1ccccc1-c1ccccc1N(C)c1ccc(-c2ccc3ccccc3c2)cc1. The Morgan fingerprint density at radius 3 is 2.03 bits per heavy atom. The Morgan fingerprint density at radius 1 is 0.581 bits per heavy atom. The van der Waals surface area contributed by atoms with Crippen LogP contribution in [0.3, 0.4) is 0 Å². The van der Waals surface area contributed by atoms with Gasteiger partial charge >= 0.3 is 0 Å². The van der Waals surface area contributed by atoms with E-state index in [1.165, 1.54) is 16.3 Å². The summed E-state index contributed by atoms with van der Waals surface area (Å²) in [6, 6.07) is 38.6. The van der Waals surface area contributed by atoms with Gasteiger partial charge in [0.2, 0.25) is 0 Å². The van der Waals surface area contributed by atoms with E-state index in [-0.39, 0.29) is 0 Å². The van der Waals surface area contributed by atoms with Crippen LogP contribution in [0.25, 0.3) is 33.0 Å². The molecule has 0 bridgehead atoms. The molecule has 0 saturated carbocycles. The van der Waals surface area contributed by atoms with Crippen molar-refractivity contribution in [2.75, 3.05) is 11.9 Å². The molecule has 0 heterocycles. The minimum absolute atomic E-state index is 0.363. The molecule has 5 rings (SSSR count). The van der Waals surface area contributed by atoms with Crippen molar-refractivity contribution in [3.05, 3.63) is 121 Å². The lowest BCUT2D eigenvalue weighted by Crippen LogP contribution is -2.10. The zero-order chi connectivity index (χ0) is 23.7. The average Bonchev–Trinajstić information content (AvgIpc) is 2.87. The molecule has 0 fully saturated rings. The third-order valence-electron chi connectivity index (χ3n) is 5.82. The summed E-state index contributed by atoms with van der Waals surface area (Å²) in [7, 11) is 2.02. The first-order valence-electron chi connectivity index (χ1n) is 11.9. The van der Waals surface area contributed by atoms with Gasteiger partial charge in [-0.25, -0.2) is 0 Å². The molecule has 1 nitrogen and oxygen atoms in total. The number of nitrogens with zero attached hydrogens (tertiary/aromatic N) is 1. The molecule has 0 amide bonds. The smallest absolute Gasteiger partial charge is 0.0487 e. The van der Waals surface area contributed by atoms with Gasteiger partial charge in [0.05, 0.1) is 0 Å². The number of hydrogen-bond donors (Lipinski definition) is 0. The zero-order valence-corrected chi connectivity index (χ0v) is 17.4. The van der Waals surface area contributed by atoms with Gasteiger partial charge in [0, 0.05) is 28.1 Å². The highest BCUT2D eigenvalue weighted by Gasteiger charge is 2.12. The second kappa shape index (κ2) is 8.12. The monoisotopic (exact) mass is 402 g/mol. The van der Waals surface area contributed by atoms with E-state index in [9.17, 15) is 0 Å². The highest BCUT2D eigenvalue weighted by atomic mass is 15.1. The van der Waals surface area contributed by atoms with Crippen LogP contribution in [0.5, 0.6) is 0 Å². The van der Waals surface area contributed by atoms with Crippen LogP contribution in [0.1, 0.15) is 9.68 Å². The van der Waals surface area contributed by atoms with Crippen molar-refractivity contribution >= 4 is 22.1 Å². The summed E-state index contributed by atoms with van der Waals surface area (Å²) in [5.41, 5.74) is 6.32. The minimum atomic E-state index is -2.18. The largest absolute Gasteiger partial charge is 0.344 e. The summed E-state index contributed by atoms with van der Waals surface area (Å²) < 4.78 is 23.9. The lowest BCUT2D eigenvalue weighted by Gasteiger charge is -2.24. The molecular weight excluding hydrogens is 374 g/mol. The second-order valence-corrected chi connectivity index (χ2v) is 7.73. The molecule has 0 spiro atoms. The summed E-state index contributed by atoms with van der Waals surface area (Å²) in [4.78, 5) is 2.11. The Bertz CT molecular complexity index is 1450. The molecule has 0 aliphatic heterocycles. The molecule has 0 unspecified atom stereocenters. The highest BCUT2D eigenvalue weighted by Crippen LogP contribution is 2.36. The van der Waals surface area contributed by atoms with Crippen molar-refractivity contribution in [2.45, 2.75) is 6.85 Å². The molecule has 5 aromatic carbocycles. The van der Waals surface area contributed by atoms with Crippen molar-refractivity contribution in [1.29, 1.82) is 0 Å². The van der Waals surface area contributed by atoms with E-state index in [0.717, 1.165) is 28.1 Å². The van der Waals surface area contributed by atoms with Gasteiger partial charge < -0.3 is 4.90 Å². The first kappa shape index (κ1) is 15.9. The molecule has 0 aliphatic carbocycles. The summed E-state index contributed by atoms with van der Waals surface area (Å²) in [6.45, 7) is -2.18. The Kier molecular flexibility index (Phi) is 4.17. The molecule has 150 valence electrons. The van der Waals surface area contributed by atoms with Crippen molar-refractivity contribution in [1.82, 2.24) is 0 Å². The van der Waals surface area contributed by atoms with Crippen LogP contribution >= 0.6 is 0 Å². The molecular formula is C30H25N. The lowest BCUT2D eigenvalue weighted by molar-refractivity contribution is 1.21. The van der Waals surface area contributed by atoms with E-state index in [4.69, 9.17) is 4.11 Å². The van der Waals surface area contributed by atoms with E-state index < -0.39 is 6.85 Å². The number of anilines is 2. The van der Waals surface area contributed by atoms with E-state index in [2.05, 4.69) is 71.6 Å². The molecule has 0 saturated heterocycles. The summed E-state index contributed by atoms with van der Waals surface area (Å²) in [6.07, 6.45) is 0. The predicted molar refractivity (Wildman–Crippen MR) is 134 cm³/mol. The maximum Gasteiger partial charge on any atom is 0.0487 e. The van der Waals surface area contributed by atoms with Gasteiger partial charge in [0.25, 0.3) is 0 Å². The molecule has 0 radical (unpaired) electrons. The Balaban J connectivity index is 1.50. The summed E-state index contributed by atoms with van der Waals surface area (Å²) >= 11 is 0. The van der Waals surface area contributed by atoms with Crippen LogP contribution in [-0.4, -0.2) is 7.05 Å². The van der Waals surface area contributed by atoms with Crippen molar-refractivity contribution in [3.8, 4) is 22.3 Å². The fraction of sp³-hybridized carbons (Fsp3) is 0.0667. The normalized spacial score (nSPS) is 12.7. The number of rotatable bonds is 4. The second-order valence-electron chi connectivity index (χ2n) is 7.73. The van der Waals surface area contributed by atoms with Crippen LogP contribution in [0, 0.1) is 6.85 Å². The highest BCUT2D eigenvalue weighted by molar-refractivity contribution is 5.88. The van der Waals surface area contributed by atoms with Crippen molar-refractivity contribution in [2.24, 2.45) is 0 Å². The number of fused-ring (bicyclic) bond motifs is 1. The third-order valence-corrected chi connectivity index (χ3v) is 5.82. The predicted octanol–water partition coefficient (Wildman–Crippen LogP) is 8.25. The Morgan fingerprint density at radius 2 is 1.23 bits per heavy atom. The van der Waals surface area contributed by atoms with E-state index in [1.54, 1.807) is 12.1 Å². The fourth-order valence-electron chi connectivity index (χ4n) is 4.10. The Labute approximate surface area is 188 Å². The molecule has 1 heteroatoms. The maximum absolute atomic E-state index is 7.98. The molecule has 5 aromatic rings. The maximum atomic E-state index is 7.98. The molecule has 0 atom stereocenters. The number of aryl methyl sites for hydroxylation is 1. The first-order chi connectivity index (χ1) is 16.4. The van der Waals surface area contributed by atoms with Gasteiger partial charge in [0.15, 0.2) is 0 Å². The van der Waals surface area contributed by atoms with Crippen LogP contribution in [-0.2, 0) is 0 Å². The average molecular weight is 403 g/mol. The Hall–Kier alpha value is -3.84. The van der Waals surface area contributed by atoms with Crippen LogP contribution in [0.2, 0.25) is 0 Å². The van der Waals surface area contributed by atoms with Gasteiger partial charge in [-0.15, -0.1) is 0 Å².